The van der Waals surface area contributed by atoms with Crippen LogP contribution in [0.15, 0.2) is 34.0 Å². The molecule has 0 amide bonds. The van der Waals surface area contributed by atoms with E-state index < -0.39 is 5.60 Å². The lowest BCUT2D eigenvalue weighted by molar-refractivity contribution is 0.0769. The number of nitrogens with one attached hydrogen (secondary N) is 1. The van der Waals surface area contributed by atoms with E-state index in [9.17, 15) is 9.50 Å². The first-order valence-electron chi connectivity index (χ1n) is 9.94. The molecule has 1 heterocycles. The zero-order chi connectivity index (χ0) is 23.4. The van der Waals surface area contributed by atoms with E-state index >= 15 is 0 Å². The van der Waals surface area contributed by atoms with Gasteiger partial charge in [0.1, 0.15) is 11.6 Å². The quantitative estimate of drug-likeness (QED) is 0.414. The molecule has 5 nitrogen and oxygen atoms in total. The van der Waals surface area contributed by atoms with Crippen LogP contribution in [0.4, 0.5) is 10.1 Å². The summed E-state index contributed by atoms with van der Waals surface area (Å²) in [5.74, 6) is 1.28. The first-order chi connectivity index (χ1) is 13.7. The second-order valence-corrected chi connectivity index (χ2v) is 9.20. The highest BCUT2D eigenvalue weighted by molar-refractivity contribution is 7.96. The van der Waals surface area contributed by atoms with E-state index in [1.54, 1.807) is 26.8 Å². The number of furan rings is 1. The van der Waals surface area contributed by atoms with Gasteiger partial charge in [0.2, 0.25) is 0 Å². The number of benzene rings is 1. The second kappa shape index (κ2) is 10.4. The van der Waals surface area contributed by atoms with Gasteiger partial charge in [0.05, 0.1) is 11.4 Å². The van der Waals surface area contributed by atoms with Gasteiger partial charge < -0.3 is 20.6 Å². The molecule has 2 rings (SSSR count). The average molecular weight is 438 g/mol. The second-order valence-electron chi connectivity index (χ2n) is 8.56. The van der Waals surface area contributed by atoms with Crippen LogP contribution < -0.4 is 16.2 Å². The molecule has 168 valence electrons. The number of hydrogen-bond donors (Lipinski definition) is 4. The summed E-state index contributed by atoms with van der Waals surface area (Å²) in [6.45, 7) is 18.8. The van der Waals surface area contributed by atoms with Gasteiger partial charge in [-0.05, 0) is 68.7 Å². The van der Waals surface area contributed by atoms with Crippen molar-refractivity contribution in [3.63, 3.8) is 0 Å². The van der Waals surface area contributed by atoms with Crippen LogP contribution in [0.25, 0.3) is 0 Å². The fourth-order valence-corrected chi connectivity index (χ4v) is 3.62. The molecule has 0 aliphatic heterocycles. The van der Waals surface area contributed by atoms with E-state index in [2.05, 4.69) is 25.7 Å². The van der Waals surface area contributed by atoms with Crippen molar-refractivity contribution >= 4 is 17.6 Å². The monoisotopic (exact) mass is 437 g/mol. The summed E-state index contributed by atoms with van der Waals surface area (Å²) < 4.78 is 19.6. The van der Waals surface area contributed by atoms with Crippen molar-refractivity contribution in [3.8, 4) is 0 Å². The predicted octanol–water partition coefficient (Wildman–Crippen LogP) is 6.00. The Morgan fingerprint density at radius 1 is 1.20 bits per heavy atom. The normalized spacial score (nSPS) is 11.5. The number of hydrogen-bond acceptors (Lipinski definition) is 6. The Morgan fingerprint density at radius 2 is 1.77 bits per heavy atom. The molecule has 1 aromatic carbocycles. The van der Waals surface area contributed by atoms with Crippen LogP contribution in [-0.2, 0) is 5.60 Å². The van der Waals surface area contributed by atoms with Crippen molar-refractivity contribution in [1.29, 1.82) is 0 Å². The van der Waals surface area contributed by atoms with Crippen molar-refractivity contribution in [2.75, 3.05) is 5.32 Å². The van der Waals surface area contributed by atoms with Gasteiger partial charge in [0.15, 0.2) is 5.09 Å². The average Bonchev–Trinajstić information content (AvgIpc) is 2.99. The summed E-state index contributed by atoms with van der Waals surface area (Å²) in [4.78, 5) is 0. The molecule has 0 radical (unpaired) electrons. The molecule has 2 aromatic rings. The van der Waals surface area contributed by atoms with Gasteiger partial charge in [0.25, 0.3) is 0 Å². The fourth-order valence-electron chi connectivity index (χ4n) is 3.26. The van der Waals surface area contributed by atoms with Gasteiger partial charge in [-0.15, -0.1) is 0 Å². The van der Waals surface area contributed by atoms with Gasteiger partial charge in [-0.3, -0.25) is 5.14 Å². The first-order valence-corrected chi connectivity index (χ1v) is 10.8. The van der Waals surface area contributed by atoms with Crippen molar-refractivity contribution in [3.05, 3.63) is 58.4 Å². The maximum absolute atomic E-state index is 14.3. The minimum Gasteiger partial charge on any atom is -0.453 e. The number of nitrogens with two attached hydrogens (primary N) is 2. The van der Waals surface area contributed by atoms with E-state index in [1.807, 2.05) is 26.8 Å². The molecule has 0 saturated carbocycles. The summed E-state index contributed by atoms with van der Waals surface area (Å²) in [5, 5.41) is 18.6. The molecule has 0 aliphatic carbocycles. The number of rotatable bonds is 6. The third kappa shape index (κ3) is 6.52. The smallest absolute Gasteiger partial charge is 0.175 e. The van der Waals surface area contributed by atoms with Crippen LogP contribution in [0, 0.1) is 19.7 Å². The van der Waals surface area contributed by atoms with Crippen LogP contribution in [0.3, 0.4) is 0 Å². The Morgan fingerprint density at radius 3 is 2.10 bits per heavy atom. The standard InChI is InChI=1S/C15H23FN2.C8H13NO2S/c1-8(2)12-7-10(5)14(16)13(9(3)4)15(12)18-11(6)17;1-5-6(8(2,3)10)4-7(11-5)12-9/h7-9,18H,6,17H2,1-5H3;4,10H,9H2,1-3H3. The van der Waals surface area contributed by atoms with Gasteiger partial charge in [-0.1, -0.05) is 40.3 Å². The number of aliphatic hydroxyl groups is 1. The summed E-state index contributed by atoms with van der Waals surface area (Å²) in [5.41, 5.74) is 8.76. The van der Waals surface area contributed by atoms with Crippen LogP contribution in [-0.4, -0.2) is 5.11 Å². The molecule has 1 aromatic heterocycles. The molecular formula is C23H36FN3O2S. The molecule has 0 fully saturated rings. The summed E-state index contributed by atoms with van der Waals surface area (Å²) >= 11 is 1.04. The predicted molar refractivity (Wildman–Crippen MR) is 125 cm³/mol. The van der Waals surface area contributed by atoms with E-state index in [4.69, 9.17) is 15.3 Å². The molecule has 0 unspecified atom stereocenters. The number of halogens is 1. The fraction of sp³-hybridized carbons (Fsp3) is 0.478. The molecule has 0 saturated heterocycles. The zero-order valence-electron chi connectivity index (χ0n) is 19.3. The topological polar surface area (TPSA) is 97.4 Å². The Labute approximate surface area is 184 Å². The summed E-state index contributed by atoms with van der Waals surface area (Å²) in [6.07, 6.45) is 0. The first kappa shape index (κ1) is 26.1. The third-order valence-electron chi connectivity index (χ3n) is 4.67. The van der Waals surface area contributed by atoms with E-state index in [0.717, 1.165) is 34.5 Å². The SMILES string of the molecule is C=C(N)Nc1c(C(C)C)cc(C)c(F)c1C(C)C.Cc1oc(SN)cc1C(C)(C)O. The molecule has 6 N–H and O–H groups in total. The molecule has 0 bridgehead atoms. The van der Waals surface area contributed by atoms with Gasteiger partial charge >= 0.3 is 0 Å². The highest BCUT2D eigenvalue weighted by atomic mass is 32.2. The Balaban J connectivity index is 0.000000325. The zero-order valence-corrected chi connectivity index (χ0v) is 20.1. The van der Waals surface area contributed by atoms with Crippen LogP contribution in [0.5, 0.6) is 0 Å². The van der Waals surface area contributed by atoms with Crippen LogP contribution >= 0.6 is 11.9 Å². The molecule has 0 spiro atoms. The minimum absolute atomic E-state index is 0.0873. The lowest BCUT2D eigenvalue weighted by atomic mass is 9.90. The van der Waals surface area contributed by atoms with Gasteiger partial charge in [-0.2, -0.15) is 0 Å². The Hall–Kier alpha value is -1.96. The van der Waals surface area contributed by atoms with Gasteiger partial charge in [0, 0.05) is 16.8 Å². The van der Waals surface area contributed by atoms with Crippen molar-refractivity contribution in [1.82, 2.24) is 0 Å². The van der Waals surface area contributed by atoms with Crippen molar-refractivity contribution < 1.29 is 13.9 Å². The van der Waals surface area contributed by atoms with Crippen molar-refractivity contribution in [2.24, 2.45) is 10.9 Å². The highest BCUT2D eigenvalue weighted by Gasteiger charge is 2.22. The summed E-state index contributed by atoms with van der Waals surface area (Å²) in [7, 11) is 0. The molecule has 0 aliphatic rings. The minimum atomic E-state index is -0.860. The number of anilines is 1. The maximum atomic E-state index is 14.3. The van der Waals surface area contributed by atoms with E-state index in [0.29, 0.717) is 28.0 Å². The lowest BCUT2D eigenvalue weighted by Crippen LogP contribution is -2.15. The highest BCUT2D eigenvalue weighted by Crippen LogP contribution is 2.36. The van der Waals surface area contributed by atoms with Crippen molar-refractivity contribution in [2.45, 2.75) is 77.9 Å². The van der Waals surface area contributed by atoms with E-state index in [1.165, 1.54) is 0 Å². The van der Waals surface area contributed by atoms with E-state index in [-0.39, 0.29) is 11.7 Å². The Bertz CT molecular complexity index is 884. The molecule has 0 atom stereocenters. The molecule has 7 heteroatoms. The maximum Gasteiger partial charge on any atom is 0.175 e. The molecule has 30 heavy (non-hydrogen) atoms. The number of aryl methyl sites for hydroxylation is 2. The van der Waals surface area contributed by atoms with Crippen LogP contribution in [0.1, 0.15) is 81.4 Å². The molecular weight excluding hydrogens is 401 g/mol. The largest absolute Gasteiger partial charge is 0.453 e. The summed E-state index contributed by atoms with van der Waals surface area (Å²) in [6, 6.07) is 3.65. The lowest BCUT2D eigenvalue weighted by Gasteiger charge is -2.22. The van der Waals surface area contributed by atoms with Gasteiger partial charge in [-0.25, -0.2) is 4.39 Å². The third-order valence-corrected chi connectivity index (χ3v) is 5.10. The van der Waals surface area contributed by atoms with Crippen LogP contribution in [0.2, 0.25) is 0 Å². The Kier molecular flexibility index (Phi) is 9.02.